The van der Waals surface area contributed by atoms with Crippen molar-refractivity contribution in [2.24, 2.45) is 0 Å². The van der Waals surface area contributed by atoms with Crippen LogP contribution in [0.2, 0.25) is 18.1 Å². The molecule has 0 spiro atoms. The van der Waals surface area contributed by atoms with Crippen LogP contribution >= 0.6 is 27.3 Å². The summed E-state index contributed by atoms with van der Waals surface area (Å²) in [5.74, 6) is 0.653. The molecule has 258 valence electrons. The Labute approximate surface area is 301 Å². The van der Waals surface area contributed by atoms with Crippen LogP contribution < -0.4 is 13.9 Å². The third kappa shape index (κ3) is 9.06. The van der Waals surface area contributed by atoms with E-state index in [4.69, 9.17) is 18.6 Å². The molecule has 0 fully saturated rings. The molecule has 49 heavy (non-hydrogen) atoms. The van der Waals surface area contributed by atoms with Crippen LogP contribution in [-0.2, 0) is 22.6 Å². The molecule has 2 aromatic heterocycles. The molecule has 7 nitrogen and oxygen atoms in total. The molecule has 0 saturated heterocycles. The van der Waals surface area contributed by atoms with Crippen molar-refractivity contribution in [1.29, 1.82) is 0 Å². The average Bonchev–Trinajstić information content (AvgIpc) is 3.36. The quantitative estimate of drug-likeness (QED) is 0.0978. The van der Waals surface area contributed by atoms with Crippen LogP contribution in [0.3, 0.4) is 0 Å². The van der Waals surface area contributed by atoms with Crippen molar-refractivity contribution in [3.63, 3.8) is 0 Å². The first-order valence-electron chi connectivity index (χ1n) is 16.1. The molecule has 3 aromatic carbocycles. The Morgan fingerprint density at radius 1 is 0.959 bits per heavy atom. The van der Waals surface area contributed by atoms with Crippen LogP contribution in [0.4, 0.5) is 4.39 Å². The Morgan fingerprint density at radius 3 is 2.31 bits per heavy atom. The second kappa shape index (κ2) is 14.6. The van der Waals surface area contributed by atoms with E-state index in [-0.39, 0.29) is 23.2 Å². The molecule has 0 aliphatic rings. The molecule has 0 aliphatic heterocycles. The standard InChI is InChI=1S/C38H42BrFN2O5SSi/c1-37(2,3)46-36(43)30(45-34-31-32(39)33(48-35(31)42-23-41-34)25-14-16-27(40)17-15-25)21-26-20-28(47-49(7,8)38(4,5)6)18-19-29(26)44-22-24-12-10-9-11-13-24/h9-20,23,30H,21-22H2,1-8H3/t30-/m1/s1. The third-order valence-corrected chi connectivity index (χ3v) is 14.8. The van der Waals surface area contributed by atoms with Crippen molar-refractivity contribution in [2.45, 2.75) is 84.4 Å². The summed E-state index contributed by atoms with van der Waals surface area (Å²) in [5.41, 5.74) is 1.78. The maximum Gasteiger partial charge on any atom is 0.348 e. The number of fused-ring (bicyclic) bond motifs is 1. The minimum Gasteiger partial charge on any atom is -0.543 e. The summed E-state index contributed by atoms with van der Waals surface area (Å²) in [4.78, 5) is 24.3. The van der Waals surface area contributed by atoms with E-state index in [0.717, 1.165) is 21.6 Å². The highest BCUT2D eigenvalue weighted by molar-refractivity contribution is 9.10. The lowest BCUT2D eigenvalue weighted by Gasteiger charge is -2.36. The van der Waals surface area contributed by atoms with Gasteiger partial charge in [0.05, 0.1) is 14.7 Å². The van der Waals surface area contributed by atoms with Crippen LogP contribution in [0, 0.1) is 5.82 Å². The van der Waals surface area contributed by atoms with E-state index in [0.29, 0.717) is 32.8 Å². The maximum atomic E-state index is 13.9. The van der Waals surface area contributed by atoms with E-state index in [2.05, 4.69) is 59.8 Å². The molecule has 0 radical (unpaired) electrons. The Bertz CT molecular complexity index is 1920. The number of thiophene rings is 1. The van der Waals surface area contributed by atoms with Gasteiger partial charge in [-0.25, -0.2) is 19.2 Å². The van der Waals surface area contributed by atoms with Crippen LogP contribution in [-0.4, -0.2) is 36.0 Å². The number of esters is 1. The molecule has 5 aromatic rings. The molecule has 0 unspecified atom stereocenters. The smallest absolute Gasteiger partial charge is 0.348 e. The molecule has 0 amide bonds. The Hall–Kier alpha value is -3.80. The van der Waals surface area contributed by atoms with Gasteiger partial charge in [0.25, 0.3) is 0 Å². The van der Waals surface area contributed by atoms with Crippen LogP contribution in [0.15, 0.2) is 83.6 Å². The summed E-state index contributed by atoms with van der Waals surface area (Å²) < 4.78 is 39.8. The number of hydrogen-bond acceptors (Lipinski definition) is 8. The van der Waals surface area contributed by atoms with E-state index in [9.17, 15) is 9.18 Å². The summed E-state index contributed by atoms with van der Waals surface area (Å²) in [6.45, 7) is 16.8. The number of rotatable bonds is 11. The monoisotopic (exact) mass is 764 g/mol. The highest BCUT2D eigenvalue weighted by Gasteiger charge is 2.39. The zero-order valence-electron chi connectivity index (χ0n) is 29.1. The summed E-state index contributed by atoms with van der Waals surface area (Å²) in [7, 11) is -2.18. The summed E-state index contributed by atoms with van der Waals surface area (Å²) in [6, 6.07) is 21.9. The summed E-state index contributed by atoms with van der Waals surface area (Å²) in [6.07, 6.45) is 0.426. The Balaban J connectivity index is 1.55. The molecule has 0 aliphatic carbocycles. The van der Waals surface area contributed by atoms with Crippen LogP contribution in [0.25, 0.3) is 20.7 Å². The molecule has 11 heteroatoms. The molecule has 0 saturated carbocycles. The van der Waals surface area contributed by atoms with Gasteiger partial charge in [-0.15, -0.1) is 11.3 Å². The second-order valence-electron chi connectivity index (χ2n) is 14.4. The van der Waals surface area contributed by atoms with Gasteiger partial charge in [0.2, 0.25) is 20.3 Å². The van der Waals surface area contributed by atoms with Gasteiger partial charge in [0, 0.05) is 12.0 Å². The van der Waals surface area contributed by atoms with E-state index in [1.165, 1.54) is 29.8 Å². The number of carbonyl (C=O) groups excluding carboxylic acids is 1. The van der Waals surface area contributed by atoms with Gasteiger partial charge in [-0.3, -0.25) is 0 Å². The lowest BCUT2D eigenvalue weighted by Crippen LogP contribution is -2.43. The molecular formula is C38H42BrFN2O5SSi. The summed E-state index contributed by atoms with van der Waals surface area (Å²) >= 11 is 5.13. The zero-order valence-corrected chi connectivity index (χ0v) is 32.5. The highest BCUT2D eigenvalue weighted by Crippen LogP contribution is 2.45. The molecular weight excluding hydrogens is 723 g/mol. The highest BCUT2D eigenvalue weighted by atomic mass is 79.9. The lowest BCUT2D eigenvalue weighted by molar-refractivity contribution is -0.163. The van der Waals surface area contributed by atoms with Gasteiger partial charge in [0.1, 0.15) is 40.7 Å². The largest absolute Gasteiger partial charge is 0.543 e. The summed E-state index contributed by atoms with van der Waals surface area (Å²) in [5, 5.41) is 0.590. The molecule has 0 N–H and O–H groups in total. The van der Waals surface area contributed by atoms with Gasteiger partial charge in [-0.05, 0) is 96.3 Å². The fraction of sp³-hybridized carbons (Fsp3) is 0.342. The van der Waals surface area contributed by atoms with E-state index in [1.807, 2.05) is 69.3 Å². The van der Waals surface area contributed by atoms with Crippen LogP contribution in [0.1, 0.15) is 52.7 Å². The van der Waals surface area contributed by atoms with E-state index < -0.39 is 26.0 Å². The number of carbonyl (C=O) groups is 1. The van der Waals surface area contributed by atoms with Gasteiger partial charge in [0.15, 0.2) is 0 Å². The minimum absolute atomic E-state index is 0.0170. The first-order valence-corrected chi connectivity index (χ1v) is 20.6. The van der Waals surface area contributed by atoms with Gasteiger partial charge in [-0.1, -0.05) is 63.2 Å². The number of halogens is 2. The number of hydrogen-bond donors (Lipinski definition) is 0. The lowest BCUT2D eigenvalue weighted by atomic mass is 10.1. The van der Waals surface area contributed by atoms with Crippen molar-refractivity contribution in [2.75, 3.05) is 0 Å². The SMILES string of the molecule is CC(C)(C)OC(=O)[C@@H](Cc1cc(O[Si](C)(C)C(C)(C)C)ccc1OCc1ccccc1)Oc1ncnc2sc(-c3ccc(F)cc3)c(Br)c12. The Morgan fingerprint density at radius 2 is 1.65 bits per heavy atom. The third-order valence-electron chi connectivity index (χ3n) is 8.28. The number of benzene rings is 3. The predicted molar refractivity (Wildman–Crippen MR) is 200 cm³/mol. The van der Waals surface area contributed by atoms with Crippen LogP contribution in [0.5, 0.6) is 17.4 Å². The van der Waals surface area contributed by atoms with Crippen molar-refractivity contribution in [3.8, 4) is 27.8 Å². The predicted octanol–water partition coefficient (Wildman–Crippen LogP) is 10.6. The van der Waals surface area contributed by atoms with Crippen molar-refractivity contribution < 1.29 is 27.8 Å². The van der Waals surface area contributed by atoms with E-state index in [1.54, 1.807) is 12.1 Å². The minimum atomic E-state index is -2.18. The first kappa shape index (κ1) is 36.5. The molecule has 1 atom stereocenters. The average molecular weight is 766 g/mol. The molecule has 5 rings (SSSR count). The van der Waals surface area contributed by atoms with Gasteiger partial charge in [-0.2, -0.15) is 0 Å². The van der Waals surface area contributed by atoms with Crippen molar-refractivity contribution in [1.82, 2.24) is 9.97 Å². The number of aromatic nitrogens is 2. The van der Waals surface area contributed by atoms with Gasteiger partial charge < -0.3 is 18.6 Å². The fourth-order valence-electron chi connectivity index (χ4n) is 4.73. The zero-order chi connectivity index (χ0) is 35.6. The van der Waals surface area contributed by atoms with Crippen molar-refractivity contribution >= 4 is 51.8 Å². The molecule has 0 bridgehead atoms. The Kier molecular flexibility index (Phi) is 10.9. The van der Waals surface area contributed by atoms with E-state index >= 15 is 0 Å². The first-order chi connectivity index (χ1) is 23.0. The van der Waals surface area contributed by atoms with Crippen molar-refractivity contribution in [3.05, 3.63) is 101 Å². The number of ether oxygens (including phenoxy) is 3. The maximum absolute atomic E-state index is 13.9. The second-order valence-corrected chi connectivity index (χ2v) is 20.9. The fourth-order valence-corrected chi connectivity index (χ4v) is 7.74. The number of nitrogens with zero attached hydrogens (tertiary/aromatic N) is 2. The topological polar surface area (TPSA) is 79.8 Å². The van der Waals surface area contributed by atoms with Gasteiger partial charge >= 0.3 is 5.97 Å². The molecule has 2 heterocycles. The normalized spacial score (nSPS) is 12.9.